The summed E-state index contributed by atoms with van der Waals surface area (Å²) in [7, 11) is 0. The summed E-state index contributed by atoms with van der Waals surface area (Å²) >= 11 is 0. The van der Waals surface area contributed by atoms with Gasteiger partial charge in [-0.05, 0) is 25.7 Å². The van der Waals surface area contributed by atoms with Crippen molar-refractivity contribution in [2.45, 2.75) is 45.1 Å². The summed E-state index contributed by atoms with van der Waals surface area (Å²) in [5, 5.41) is 3.48. The van der Waals surface area contributed by atoms with E-state index in [0.717, 1.165) is 18.9 Å². The molecular formula is C11H19N. The number of hydrogen-bond donors (Lipinski definition) is 1. The number of nitrogens with one attached hydrogen (secondary N) is 1. The van der Waals surface area contributed by atoms with E-state index in [1.165, 1.54) is 25.7 Å². The van der Waals surface area contributed by atoms with E-state index < -0.39 is 0 Å². The van der Waals surface area contributed by atoms with Gasteiger partial charge in [-0.1, -0.05) is 12.8 Å². The third kappa shape index (κ3) is 2.87. The fourth-order valence-electron chi connectivity index (χ4n) is 2.00. The quantitative estimate of drug-likeness (QED) is 0.497. The van der Waals surface area contributed by atoms with Gasteiger partial charge in [0.15, 0.2) is 0 Å². The first-order chi connectivity index (χ1) is 5.84. The Balaban J connectivity index is 2.10. The van der Waals surface area contributed by atoms with Crippen molar-refractivity contribution in [3.63, 3.8) is 0 Å². The van der Waals surface area contributed by atoms with Gasteiger partial charge in [-0.25, -0.2) is 0 Å². The Hall–Kier alpha value is -0.480. The zero-order valence-corrected chi connectivity index (χ0v) is 7.97. The molecule has 0 aromatic rings. The Labute approximate surface area is 75.9 Å². The van der Waals surface area contributed by atoms with Crippen LogP contribution in [0.15, 0.2) is 0 Å². The average molecular weight is 165 g/mol. The first kappa shape index (κ1) is 9.61. The minimum atomic E-state index is 0.667. The van der Waals surface area contributed by atoms with Gasteiger partial charge in [0, 0.05) is 19.0 Å². The second-order valence-electron chi connectivity index (χ2n) is 3.74. The van der Waals surface area contributed by atoms with Crippen LogP contribution in [0.3, 0.4) is 0 Å². The molecule has 1 nitrogen and oxygen atoms in total. The molecule has 1 rings (SSSR count). The molecular weight excluding hydrogens is 146 g/mol. The van der Waals surface area contributed by atoms with Crippen LogP contribution in [0, 0.1) is 18.3 Å². The maximum absolute atomic E-state index is 5.18. The SMILES string of the molecule is C#CCCN[C@H](C)C1CCCC1. The van der Waals surface area contributed by atoms with Crippen LogP contribution in [0.25, 0.3) is 0 Å². The summed E-state index contributed by atoms with van der Waals surface area (Å²) in [6.45, 7) is 3.26. The van der Waals surface area contributed by atoms with Crippen molar-refractivity contribution < 1.29 is 0 Å². The zero-order valence-electron chi connectivity index (χ0n) is 7.97. The van der Waals surface area contributed by atoms with E-state index >= 15 is 0 Å². The van der Waals surface area contributed by atoms with Crippen LogP contribution in [-0.4, -0.2) is 12.6 Å². The Bertz CT molecular complexity index is 151. The van der Waals surface area contributed by atoms with Gasteiger partial charge in [-0.2, -0.15) is 0 Å². The van der Waals surface area contributed by atoms with Crippen molar-refractivity contribution >= 4 is 0 Å². The normalized spacial score (nSPS) is 20.7. The molecule has 1 saturated carbocycles. The van der Waals surface area contributed by atoms with E-state index in [1.54, 1.807) is 0 Å². The smallest absolute Gasteiger partial charge is 0.0211 e. The molecule has 0 saturated heterocycles. The standard InChI is InChI=1S/C11H19N/c1-3-4-9-12-10(2)11-7-5-6-8-11/h1,10-12H,4-9H2,2H3/t10-/m1/s1. The van der Waals surface area contributed by atoms with Crippen molar-refractivity contribution in [2.24, 2.45) is 5.92 Å². The lowest BCUT2D eigenvalue weighted by atomic mass is 10.00. The van der Waals surface area contributed by atoms with Crippen LogP contribution in [0.2, 0.25) is 0 Å². The van der Waals surface area contributed by atoms with Crippen molar-refractivity contribution in [2.75, 3.05) is 6.54 Å². The lowest BCUT2D eigenvalue weighted by molar-refractivity contribution is 0.385. The van der Waals surface area contributed by atoms with Crippen LogP contribution >= 0.6 is 0 Å². The molecule has 0 aliphatic heterocycles. The van der Waals surface area contributed by atoms with Crippen molar-refractivity contribution in [3.05, 3.63) is 0 Å². The minimum absolute atomic E-state index is 0.667. The van der Waals surface area contributed by atoms with Crippen LogP contribution in [0.4, 0.5) is 0 Å². The van der Waals surface area contributed by atoms with Crippen LogP contribution in [0.1, 0.15) is 39.0 Å². The number of hydrogen-bond acceptors (Lipinski definition) is 1. The number of rotatable bonds is 4. The lowest BCUT2D eigenvalue weighted by Crippen LogP contribution is -2.32. The molecule has 0 radical (unpaired) electrons. The van der Waals surface area contributed by atoms with Gasteiger partial charge < -0.3 is 5.32 Å². The van der Waals surface area contributed by atoms with E-state index in [1.807, 2.05) is 0 Å². The Kier molecular flexibility index (Phi) is 4.18. The molecule has 0 aromatic heterocycles. The van der Waals surface area contributed by atoms with Gasteiger partial charge in [0.1, 0.15) is 0 Å². The highest BCUT2D eigenvalue weighted by atomic mass is 14.9. The minimum Gasteiger partial charge on any atom is -0.313 e. The summed E-state index contributed by atoms with van der Waals surface area (Å²) in [4.78, 5) is 0. The topological polar surface area (TPSA) is 12.0 Å². The predicted octanol–water partition coefficient (Wildman–Crippen LogP) is 2.18. The molecule has 0 unspecified atom stereocenters. The Morgan fingerprint density at radius 3 is 2.75 bits per heavy atom. The van der Waals surface area contributed by atoms with Crippen molar-refractivity contribution in [1.29, 1.82) is 0 Å². The Morgan fingerprint density at radius 2 is 2.17 bits per heavy atom. The highest BCUT2D eigenvalue weighted by molar-refractivity contribution is 4.85. The fourth-order valence-corrected chi connectivity index (χ4v) is 2.00. The second kappa shape index (κ2) is 5.22. The molecule has 0 heterocycles. The van der Waals surface area contributed by atoms with Gasteiger partial charge in [-0.15, -0.1) is 12.3 Å². The molecule has 1 aliphatic carbocycles. The third-order valence-corrected chi connectivity index (χ3v) is 2.84. The summed E-state index contributed by atoms with van der Waals surface area (Å²) in [6, 6.07) is 0.667. The van der Waals surface area contributed by atoms with E-state index in [4.69, 9.17) is 6.42 Å². The van der Waals surface area contributed by atoms with Crippen LogP contribution in [0.5, 0.6) is 0 Å². The molecule has 0 aromatic carbocycles. The lowest BCUT2D eigenvalue weighted by Gasteiger charge is -2.19. The van der Waals surface area contributed by atoms with Gasteiger partial charge in [-0.3, -0.25) is 0 Å². The molecule has 1 fully saturated rings. The highest BCUT2D eigenvalue weighted by Crippen LogP contribution is 2.27. The molecule has 68 valence electrons. The maximum atomic E-state index is 5.18. The first-order valence-electron chi connectivity index (χ1n) is 5.01. The van der Waals surface area contributed by atoms with Crippen LogP contribution < -0.4 is 5.32 Å². The molecule has 12 heavy (non-hydrogen) atoms. The predicted molar refractivity (Wildman–Crippen MR) is 52.9 cm³/mol. The average Bonchev–Trinajstić information content (AvgIpc) is 2.56. The molecule has 1 atom stereocenters. The third-order valence-electron chi connectivity index (χ3n) is 2.84. The second-order valence-corrected chi connectivity index (χ2v) is 3.74. The fraction of sp³-hybridized carbons (Fsp3) is 0.818. The van der Waals surface area contributed by atoms with Gasteiger partial charge in [0.05, 0.1) is 0 Å². The van der Waals surface area contributed by atoms with Crippen molar-refractivity contribution in [3.8, 4) is 12.3 Å². The van der Waals surface area contributed by atoms with Crippen LogP contribution in [-0.2, 0) is 0 Å². The highest BCUT2D eigenvalue weighted by Gasteiger charge is 2.20. The molecule has 1 aliphatic rings. The van der Waals surface area contributed by atoms with Gasteiger partial charge in [0.25, 0.3) is 0 Å². The van der Waals surface area contributed by atoms with Crippen molar-refractivity contribution in [1.82, 2.24) is 5.32 Å². The Morgan fingerprint density at radius 1 is 1.50 bits per heavy atom. The van der Waals surface area contributed by atoms with E-state index in [0.29, 0.717) is 6.04 Å². The first-order valence-corrected chi connectivity index (χ1v) is 5.01. The molecule has 0 bridgehead atoms. The monoisotopic (exact) mass is 165 g/mol. The summed E-state index contributed by atoms with van der Waals surface area (Å²) in [5.41, 5.74) is 0. The van der Waals surface area contributed by atoms with E-state index in [-0.39, 0.29) is 0 Å². The summed E-state index contributed by atoms with van der Waals surface area (Å²) in [5.74, 6) is 3.56. The maximum Gasteiger partial charge on any atom is 0.0211 e. The van der Waals surface area contributed by atoms with E-state index in [9.17, 15) is 0 Å². The summed E-state index contributed by atoms with van der Waals surface area (Å²) in [6.07, 6.45) is 11.7. The van der Waals surface area contributed by atoms with Gasteiger partial charge in [0.2, 0.25) is 0 Å². The van der Waals surface area contributed by atoms with Gasteiger partial charge >= 0.3 is 0 Å². The molecule has 0 amide bonds. The molecule has 1 heteroatoms. The summed E-state index contributed by atoms with van der Waals surface area (Å²) < 4.78 is 0. The largest absolute Gasteiger partial charge is 0.313 e. The number of terminal acetylenes is 1. The molecule has 1 N–H and O–H groups in total. The molecule has 0 spiro atoms. The zero-order chi connectivity index (χ0) is 8.81. The van der Waals surface area contributed by atoms with E-state index in [2.05, 4.69) is 18.2 Å².